The molecule has 0 bridgehead atoms. The van der Waals surface area contributed by atoms with Gasteiger partial charge in [0.25, 0.3) is 5.69 Å². The maximum Gasteiger partial charge on any atom is 0.272 e. The van der Waals surface area contributed by atoms with E-state index in [0.29, 0.717) is 18.4 Å². The highest BCUT2D eigenvalue weighted by Gasteiger charge is 2.10. The van der Waals surface area contributed by atoms with Crippen LogP contribution in [0.15, 0.2) is 18.2 Å². The van der Waals surface area contributed by atoms with Crippen molar-refractivity contribution in [1.29, 1.82) is 0 Å². The first kappa shape index (κ1) is 11.6. The molecule has 0 fully saturated rings. The van der Waals surface area contributed by atoms with Gasteiger partial charge in [0.1, 0.15) is 5.82 Å². The Morgan fingerprint density at radius 3 is 2.73 bits per heavy atom. The van der Waals surface area contributed by atoms with Crippen LogP contribution in [0.1, 0.15) is 18.9 Å². The van der Waals surface area contributed by atoms with Gasteiger partial charge in [-0.15, -0.1) is 0 Å². The molecule has 0 spiro atoms. The molecule has 1 N–H and O–H groups in total. The number of nitro benzene ring substituents is 1. The van der Waals surface area contributed by atoms with E-state index in [4.69, 9.17) is 5.11 Å². The number of benzene rings is 1. The SMILES string of the molecule is C[C@H](O)CCc1ccc([N+](=O)[O-])cc1F. The number of hydrogen-bond acceptors (Lipinski definition) is 3. The lowest BCUT2D eigenvalue weighted by Gasteiger charge is -2.04. The Bertz CT molecular complexity index is 366. The number of rotatable bonds is 4. The van der Waals surface area contributed by atoms with Crippen molar-refractivity contribution in [3.8, 4) is 0 Å². The van der Waals surface area contributed by atoms with E-state index in [2.05, 4.69) is 0 Å². The summed E-state index contributed by atoms with van der Waals surface area (Å²) in [5.74, 6) is -0.593. The summed E-state index contributed by atoms with van der Waals surface area (Å²) in [5.41, 5.74) is 0.134. The summed E-state index contributed by atoms with van der Waals surface area (Å²) < 4.78 is 13.3. The smallest absolute Gasteiger partial charge is 0.272 e. The first-order chi connectivity index (χ1) is 7.00. The molecule has 1 aromatic carbocycles. The van der Waals surface area contributed by atoms with Crippen LogP contribution in [0.4, 0.5) is 10.1 Å². The summed E-state index contributed by atoms with van der Waals surface area (Å²) in [6, 6.07) is 3.55. The Kier molecular flexibility index (Phi) is 3.74. The van der Waals surface area contributed by atoms with Gasteiger partial charge in [0, 0.05) is 6.07 Å². The Hall–Kier alpha value is -1.49. The number of nitrogens with zero attached hydrogens (tertiary/aromatic N) is 1. The van der Waals surface area contributed by atoms with Crippen LogP contribution < -0.4 is 0 Å². The quantitative estimate of drug-likeness (QED) is 0.615. The second kappa shape index (κ2) is 4.84. The van der Waals surface area contributed by atoms with Gasteiger partial charge in [0.05, 0.1) is 17.1 Å². The molecule has 0 amide bonds. The molecule has 1 atom stereocenters. The molecule has 5 heteroatoms. The van der Waals surface area contributed by atoms with Crippen molar-refractivity contribution in [2.24, 2.45) is 0 Å². The largest absolute Gasteiger partial charge is 0.393 e. The highest BCUT2D eigenvalue weighted by Crippen LogP contribution is 2.18. The third-order valence-electron chi connectivity index (χ3n) is 2.08. The van der Waals surface area contributed by atoms with E-state index in [1.807, 2.05) is 0 Å². The van der Waals surface area contributed by atoms with Crippen LogP contribution in [0.3, 0.4) is 0 Å². The van der Waals surface area contributed by atoms with Crippen LogP contribution in [0.25, 0.3) is 0 Å². The van der Waals surface area contributed by atoms with E-state index in [9.17, 15) is 14.5 Å². The summed E-state index contributed by atoms with van der Waals surface area (Å²) in [5, 5.41) is 19.3. The molecule has 15 heavy (non-hydrogen) atoms. The molecule has 0 saturated heterocycles. The fourth-order valence-electron chi connectivity index (χ4n) is 1.22. The number of halogens is 1. The van der Waals surface area contributed by atoms with Crippen LogP contribution in [-0.4, -0.2) is 16.1 Å². The molecule has 0 radical (unpaired) electrons. The average Bonchev–Trinajstić information content (AvgIpc) is 2.15. The summed E-state index contributed by atoms with van der Waals surface area (Å²) in [4.78, 5) is 9.69. The third kappa shape index (κ3) is 3.28. The Morgan fingerprint density at radius 1 is 1.60 bits per heavy atom. The molecular weight excluding hydrogens is 201 g/mol. The van der Waals surface area contributed by atoms with Crippen molar-refractivity contribution in [2.45, 2.75) is 25.9 Å². The number of aliphatic hydroxyl groups is 1. The van der Waals surface area contributed by atoms with Crippen LogP contribution in [-0.2, 0) is 6.42 Å². The summed E-state index contributed by atoms with van der Waals surface area (Å²) in [6.45, 7) is 1.61. The Labute approximate surface area is 86.5 Å². The van der Waals surface area contributed by atoms with E-state index in [-0.39, 0.29) is 5.69 Å². The van der Waals surface area contributed by atoms with Gasteiger partial charge in [0.2, 0.25) is 0 Å². The van der Waals surface area contributed by atoms with E-state index in [0.717, 1.165) is 6.07 Å². The molecule has 0 aliphatic heterocycles. The van der Waals surface area contributed by atoms with Crippen LogP contribution >= 0.6 is 0 Å². The number of non-ortho nitro benzene ring substituents is 1. The highest BCUT2D eigenvalue weighted by molar-refractivity contribution is 5.34. The summed E-state index contributed by atoms with van der Waals surface area (Å²) in [6.07, 6.45) is 0.315. The maximum absolute atomic E-state index is 13.3. The lowest BCUT2D eigenvalue weighted by molar-refractivity contribution is -0.385. The summed E-state index contributed by atoms with van der Waals surface area (Å²) in [7, 11) is 0. The molecule has 0 aromatic heterocycles. The van der Waals surface area contributed by atoms with Crippen molar-refractivity contribution in [3.63, 3.8) is 0 Å². The Balaban J connectivity index is 2.79. The minimum atomic E-state index is -0.637. The number of hydrogen-bond donors (Lipinski definition) is 1. The summed E-state index contributed by atoms with van der Waals surface area (Å²) >= 11 is 0. The van der Waals surface area contributed by atoms with E-state index in [1.165, 1.54) is 12.1 Å². The second-order valence-electron chi connectivity index (χ2n) is 3.42. The highest BCUT2D eigenvalue weighted by atomic mass is 19.1. The molecule has 0 aliphatic carbocycles. The minimum Gasteiger partial charge on any atom is -0.393 e. The molecule has 1 aromatic rings. The van der Waals surface area contributed by atoms with Gasteiger partial charge in [0.15, 0.2) is 0 Å². The van der Waals surface area contributed by atoms with Gasteiger partial charge in [-0.2, -0.15) is 0 Å². The van der Waals surface area contributed by atoms with E-state index < -0.39 is 16.8 Å². The van der Waals surface area contributed by atoms with Crippen LogP contribution in [0.2, 0.25) is 0 Å². The lowest BCUT2D eigenvalue weighted by Crippen LogP contribution is -2.03. The molecule has 0 aliphatic rings. The monoisotopic (exact) mass is 213 g/mol. The van der Waals surface area contributed by atoms with Crippen molar-refractivity contribution in [3.05, 3.63) is 39.7 Å². The maximum atomic E-state index is 13.3. The lowest BCUT2D eigenvalue weighted by atomic mass is 10.1. The van der Waals surface area contributed by atoms with Gasteiger partial charge >= 0.3 is 0 Å². The average molecular weight is 213 g/mol. The third-order valence-corrected chi connectivity index (χ3v) is 2.08. The van der Waals surface area contributed by atoms with Crippen molar-refractivity contribution < 1.29 is 14.4 Å². The fraction of sp³-hybridized carbons (Fsp3) is 0.400. The molecule has 82 valence electrons. The van der Waals surface area contributed by atoms with Crippen molar-refractivity contribution in [2.75, 3.05) is 0 Å². The van der Waals surface area contributed by atoms with Gasteiger partial charge in [-0.1, -0.05) is 0 Å². The number of aryl methyl sites for hydroxylation is 1. The first-order valence-corrected chi connectivity index (χ1v) is 4.61. The second-order valence-corrected chi connectivity index (χ2v) is 3.42. The van der Waals surface area contributed by atoms with Crippen LogP contribution in [0, 0.1) is 15.9 Å². The van der Waals surface area contributed by atoms with Gasteiger partial charge in [-0.3, -0.25) is 10.1 Å². The molecular formula is C10H12FNO3. The normalized spacial score (nSPS) is 12.5. The van der Waals surface area contributed by atoms with Gasteiger partial charge < -0.3 is 5.11 Å². The molecule has 0 unspecified atom stereocenters. The van der Waals surface area contributed by atoms with E-state index >= 15 is 0 Å². The molecule has 1 rings (SSSR count). The topological polar surface area (TPSA) is 63.4 Å². The number of aliphatic hydroxyl groups excluding tert-OH is 1. The number of nitro groups is 1. The zero-order chi connectivity index (χ0) is 11.4. The standard InChI is InChI=1S/C10H12FNO3/c1-7(13)2-3-8-4-5-9(12(14)15)6-10(8)11/h4-7,13H,2-3H2,1H3/t7-/m0/s1. The molecule has 0 saturated carbocycles. The fourth-order valence-corrected chi connectivity index (χ4v) is 1.22. The van der Waals surface area contributed by atoms with Gasteiger partial charge in [-0.05, 0) is 31.4 Å². The zero-order valence-electron chi connectivity index (χ0n) is 8.31. The van der Waals surface area contributed by atoms with Crippen molar-refractivity contribution in [1.82, 2.24) is 0 Å². The van der Waals surface area contributed by atoms with Gasteiger partial charge in [-0.25, -0.2) is 4.39 Å². The predicted molar refractivity (Wildman–Crippen MR) is 53.1 cm³/mol. The zero-order valence-corrected chi connectivity index (χ0v) is 8.31. The Morgan fingerprint density at radius 2 is 2.27 bits per heavy atom. The predicted octanol–water partition coefficient (Wildman–Crippen LogP) is 2.05. The van der Waals surface area contributed by atoms with Crippen LogP contribution in [0.5, 0.6) is 0 Å². The van der Waals surface area contributed by atoms with Crippen molar-refractivity contribution >= 4 is 5.69 Å². The van der Waals surface area contributed by atoms with E-state index in [1.54, 1.807) is 6.92 Å². The molecule has 0 heterocycles. The minimum absolute atomic E-state index is 0.256. The molecule has 4 nitrogen and oxygen atoms in total. The first-order valence-electron chi connectivity index (χ1n) is 4.61.